The number of allylic oxidation sites excluding steroid dienone is 1. The summed E-state index contributed by atoms with van der Waals surface area (Å²) >= 11 is 0. The van der Waals surface area contributed by atoms with E-state index in [0.29, 0.717) is 43.5 Å². The largest absolute Gasteiger partial charge is 0.477 e. The number of aromatic nitrogens is 1. The summed E-state index contributed by atoms with van der Waals surface area (Å²) in [4.78, 5) is 38.6. The summed E-state index contributed by atoms with van der Waals surface area (Å²) in [6, 6.07) is -0.579. The normalized spacial score (nSPS) is 22.6. The van der Waals surface area contributed by atoms with E-state index in [1.807, 2.05) is 11.8 Å². The zero-order valence-corrected chi connectivity index (χ0v) is 20.1. The molecule has 1 saturated carbocycles. The number of amides is 1. The minimum atomic E-state index is -1.30. The molecule has 10 nitrogen and oxygen atoms in total. The maximum absolute atomic E-state index is 15.8. The summed E-state index contributed by atoms with van der Waals surface area (Å²) in [7, 11) is 0. The Morgan fingerprint density at radius 2 is 2.09 bits per heavy atom. The predicted molar refractivity (Wildman–Crippen MR) is 129 cm³/mol. The van der Waals surface area contributed by atoms with Crippen LogP contribution in [0.25, 0.3) is 0 Å². The molecule has 0 radical (unpaired) electrons. The Morgan fingerprint density at radius 1 is 1.34 bits per heavy atom. The number of carboxylic acids is 1. The van der Waals surface area contributed by atoms with E-state index in [1.54, 1.807) is 10.6 Å². The van der Waals surface area contributed by atoms with Gasteiger partial charge in [0, 0.05) is 49.3 Å². The number of hydrogen-bond acceptors (Lipinski definition) is 7. The fourth-order valence-electron chi connectivity index (χ4n) is 4.94. The van der Waals surface area contributed by atoms with E-state index >= 15 is 4.48 Å². The Kier molecular flexibility index (Phi) is 7.18. The minimum absolute atomic E-state index is 0.00633. The number of aromatic carboxylic acids is 1. The number of halogens is 1. The maximum Gasteiger partial charge on any atom is 0.341 e. The fourth-order valence-corrected chi connectivity index (χ4v) is 4.94. The number of pyridine rings is 1. The van der Waals surface area contributed by atoms with Crippen LogP contribution in [0.4, 0.5) is 10.3 Å². The van der Waals surface area contributed by atoms with Crippen LogP contribution in [0.3, 0.4) is 0 Å². The van der Waals surface area contributed by atoms with Crippen LogP contribution < -0.4 is 27.3 Å². The van der Waals surface area contributed by atoms with Crippen LogP contribution in [0.5, 0.6) is 0 Å². The number of carbonyl (C=O) groups is 2. The first-order valence-electron chi connectivity index (χ1n) is 12.3. The zero-order chi connectivity index (χ0) is 25.3. The summed E-state index contributed by atoms with van der Waals surface area (Å²) in [5, 5.41) is 12.9. The molecule has 0 bridgehead atoms. The van der Waals surface area contributed by atoms with E-state index in [2.05, 4.69) is 5.32 Å². The summed E-state index contributed by atoms with van der Waals surface area (Å²) in [6.45, 7) is 4.17. The van der Waals surface area contributed by atoms with Gasteiger partial charge in [0.05, 0.1) is 6.04 Å². The van der Waals surface area contributed by atoms with Gasteiger partial charge in [-0.1, -0.05) is 17.8 Å². The molecule has 4 rings (SSSR count). The van der Waals surface area contributed by atoms with E-state index < -0.39 is 17.4 Å². The quantitative estimate of drug-likeness (QED) is 0.283. The van der Waals surface area contributed by atoms with Gasteiger partial charge in [0.1, 0.15) is 11.4 Å². The lowest BCUT2D eigenvalue weighted by molar-refractivity contribution is -0.123. The minimum Gasteiger partial charge on any atom is -0.477 e. The maximum atomic E-state index is 15.8. The molecule has 2 atom stereocenters. The Morgan fingerprint density at radius 3 is 2.74 bits per heavy atom. The molecule has 6 N–H and O–H groups in total. The second kappa shape index (κ2) is 9.98. The highest BCUT2D eigenvalue weighted by Gasteiger charge is 2.40. The predicted octanol–water partition coefficient (Wildman–Crippen LogP) is 1.25. The van der Waals surface area contributed by atoms with Gasteiger partial charge in [0.15, 0.2) is 5.82 Å². The van der Waals surface area contributed by atoms with Crippen LogP contribution in [0.2, 0.25) is 0 Å². The Bertz CT molecular complexity index is 1080. The summed E-state index contributed by atoms with van der Waals surface area (Å²) in [6.07, 6.45) is 7.69. The third-order valence-corrected chi connectivity index (χ3v) is 7.23. The van der Waals surface area contributed by atoms with Gasteiger partial charge in [-0.05, 0) is 44.7 Å². The SMILES string of the molecule is CC1(CNC(=O)C(N)CCCCN)CCN(C2=CCc3c(n(C4CC4)cc(C(=O)O)c3=O)N2F)C1. The van der Waals surface area contributed by atoms with Crippen molar-refractivity contribution in [2.45, 2.75) is 64.0 Å². The molecule has 1 aliphatic carbocycles. The average molecular weight is 491 g/mol. The molecular formula is C24H35FN6O4. The van der Waals surface area contributed by atoms with Crippen molar-refractivity contribution in [2.24, 2.45) is 16.9 Å². The van der Waals surface area contributed by atoms with Crippen molar-refractivity contribution >= 4 is 17.7 Å². The first-order chi connectivity index (χ1) is 16.6. The molecule has 2 unspecified atom stereocenters. The lowest BCUT2D eigenvalue weighted by atomic mass is 9.89. The van der Waals surface area contributed by atoms with Crippen molar-refractivity contribution in [2.75, 3.05) is 31.3 Å². The van der Waals surface area contributed by atoms with Crippen molar-refractivity contribution < 1.29 is 19.2 Å². The smallest absolute Gasteiger partial charge is 0.341 e. The number of anilines is 1. The molecule has 3 heterocycles. The number of unbranched alkanes of at least 4 members (excludes halogenated alkanes) is 1. The number of hydrogen-bond donors (Lipinski definition) is 4. The third kappa shape index (κ3) is 5.20. The highest BCUT2D eigenvalue weighted by Crippen LogP contribution is 2.42. The Hall–Kier alpha value is -2.92. The monoisotopic (exact) mass is 490 g/mol. The molecule has 2 fully saturated rings. The van der Waals surface area contributed by atoms with Gasteiger partial charge in [0.2, 0.25) is 11.3 Å². The molecule has 0 spiro atoms. The molecule has 2 aliphatic heterocycles. The van der Waals surface area contributed by atoms with Crippen molar-refractivity contribution in [1.29, 1.82) is 0 Å². The van der Waals surface area contributed by atoms with Gasteiger partial charge in [0.25, 0.3) is 0 Å². The van der Waals surface area contributed by atoms with Crippen LogP contribution in [0.15, 0.2) is 22.9 Å². The Labute approximate surface area is 203 Å². The first-order valence-corrected chi connectivity index (χ1v) is 12.3. The topological polar surface area (TPSA) is 147 Å². The summed E-state index contributed by atoms with van der Waals surface area (Å²) in [5.41, 5.74) is 10.4. The van der Waals surface area contributed by atoms with Crippen LogP contribution in [-0.4, -0.2) is 58.7 Å². The van der Waals surface area contributed by atoms with Crippen LogP contribution in [0, 0.1) is 5.41 Å². The van der Waals surface area contributed by atoms with Crippen molar-refractivity contribution in [3.8, 4) is 0 Å². The Balaban J connectivity index is 1.45. The summed E-state index contributed by atoms with van der Waals surface area (Å²) in [5.74, 6) is -1.01. The van der Waals surface area contributed by atoms with Gasteiger partial charge in [-0.15, -0.1) is 5.12 Å². The highest BCUT2D eigenvalue weighted by atomic mass is 19.2. The van der Waals surface area contributed by atoms with Gasteiger partial charge in [-0.25, -0.2) is 4.79 Å². The third-order valence-electron chi connectivity index (χ3n) is 7.23. The molecule has 192 valence electrons. The number of carbonyl (C=O) groups excluding carboxylic acids is 1. The summed E-state index contributed by atoms with van der Waals surface area (Å²) < 4.78 is 17.4. The molecule has 1 saturated heterocycles. The molecule has 35 heavy (non-hydrogen) atoms. The van der Waals surface area contributed by atoms with Crippen molar-refractivity contribution in [3.63, 3.8) is 0 Å². The zero-order valence-electron chi connectivity index (χ0n) is 20.1. The van der Waals surface area contributed by atoms with Gasteiger partial charge in [-0.3, -0.25) is 9.59 Å². The molecule has 3 aliphatic rings. The van der Waals surface area contributed by atoms with E-state index in [0.717, 1.165) is 32.1 Å². The van der Waals surface area contributed by atoms with Crippen LogP contribution in [0.1, 0.15) is 67.4 Å². The van der Waals surface area contributed by atoms with E-state index in [9.17, 15) is 19.5 Å². The molecule has 11 heteroatoms. The van der Waals surface area contributed by atoms with E-state index in [-0.39, 0.29) is 40.7 Å². The van der Waals surface area contributed by atoms with Crippen molar-refractivity contribution in [1.82, 2.24) is 14.8 Å². The number of nitrogens with two attached hydrogens (primary N) is 2. The molecule has 1 aromatic rings. The second-order valence-corrected chi connectivity index (χ2v) is 10.3. The van der Waals surface area contributed by atoms with Gasteiger partial charge in [-0.2, -0.15) is 0 Å². The number of nitrogens with zero attached hydrogens (tertiary/aromatic N) is 3. The lowest BCUT2D eigenvalue weighted by Gasteiger charge is -2.34. The second-order valence-electron chi connectivity index (χ2n) is 10.3. The number of fused-ring (bicyclic) bond motifs is 1. The van der Waals surface area contributed by atoms with Crippen molar-refractivity contribution in [3.05, 3.63) is 39.4 Å². The molecular weight excluding hydrogens is 455 g/mol. The molecule has 0 aromatic carbocycles. The van der Waals surface area contributed by atoms with E-state index in [1.165, 1.54) is 6.20 Å². The number of rotatable bonds is 10. The van der Waals surface area contributed by atoms with E-state index in [4.69, 9.17) is 11.5 Å². The van der Waals surface area contributed by atoms with Crippen LogP contribution >= 0.6 is 0 Å². The first kappa shape index (κ1) is 25.2. The lowest BCUT2D eigenvalue weighted by Crippen LogP contribution is -2.45. The average Bonchev–Trinajstić information content (AvgIpc) is 3.60. The number of nitrogens with one attached hydrogen (secondary N) is 1. The number of likely N-dealkylation sites (tertiary alicyclic amines) is 1. The molecule has 1 aromatic heterocycles. The fraction of sp³-hybridized carbons (Fsp3) is 0.625. The number of carboxylic acid groups (broad SMARTS) is 1. The molecule has 1 amide bonds. The highest BCUT2D eigenvalue weighted by molar-refractivity contribution is 5.88. The van der Waals surface area contributed by atoms with Gasteiger partial charge < -0.3 is 31.4 Å². The van der Waals surface area contributed by atoms with Crippen LogP contribution in [-0.2, 0) is 11.2 Å². The standard InChI is InChI=1S/C24H35FN6O4/c1-24(13-28-21(33)18(27)4-2-3-10-26)9-11-29(14-24)19-8-7-16-20(32)17(23(34)35)12-30(15-5-6-15)22(16)31(19)25/h8,12,15,18H,2-7,9-11,13-14,26-27H2,1H3,(H,28,33)(H,34,35). The van der Waals surface area contributed by atoms with Gasteiger partial charge >= 0.3 is 5.97 Å².